The molecule has 0 radical (unpaired) electrons. The summed E-state index contributed by atoms with van der Waals surface area (Å²) in [4.78, 5) is 12.2. The van der Waals surface area contributed by atoms with Gasteiger partial charge < -0.3 is 5.32 Å². The molecule has 1 N–H and O–H groups in total. The lowest BCUT2D eigenvalue weighted by atomic mass is 10.1. The molecule has 0 unspecified atom stereocenters. The van der Waals surface area contributed by atoms with E-state index in [0.29, 0.717) is 5.56 Å². The van der Waals surface area contributed by atoms with Gasteiger partial charge >= 0.3 is 0 Å². The van der Waals surface area contributed by atoms with Crippen molar-refractivity contribution >= 4 is 27.5 Å². The molecular formula is C16H16BrNO. The summed E-state index contributed by atoms with van der Waals surface area (Å²) in [6.45, 7) is 2.13. The molecule has 19 heavy (non-hydrogen) atoms. The largest absolute Gasteiger partial charge is 0.322 e. The second kappa shape index (κ2) is 6.53. The first-order valence-electron chi connectivity index (χ1n) is 6.35. The molecule has 0 heterocycles. The molecule has 0 aliphatic rings. The van der Waals surface area contributed by atoms with E-state index < -0.39 is 0 Å². The van der Waals surface area contributed by atoms with E-state index in [1.165, 1.54) is 5.56 Å². The van der Waals surface area contributed by atoms with E-state index in [9.17, 15) is 4.79 Å². The van der Waals surface area contributed by atoms with Gasteiger partial charge in [0.05, 0.1) is 0 Å². The maximum absolute atomic E-state index is 12.2. The number of rotatable bonds is 4. The zero-order valence-corrected chi connectivity index (χ0v) is 12.4. The highest BCUT2D eigenvalue weighted by atomic mass is 79.9. The summed E-state index contributed by atoms with van der Waals surface area (Å²) < 4.78 is 0.968. The number of halogens is 1. The SMILES string of the molecule is CCCc1ccccc1NC(=O)c1ccc(Br)cc1. The minimum absolute atomic E-state index is 0.0731. The van der Waals surface area contributed by atoms with Gasteiger partial charge in [-0.25, -0.2) is 0 Å². The lowest BCUT2D eigenvalue weighted by Gasteiger charge is -2.10. The van der Waals surface area contributed by atoms with Crippen LogP contribution in [0.15, 0.2) is 53.0 Å². The van der Waals surface area contributed by atoms with Crippen molar-refractivity contribution in [1.29, 1.82) is 0 Å². The van der Waals surface area contributed by atoms with Gasteiger partial charge in [0.1, 0.15) is 0 Å². The van der Waals surface area contributed by atoms with Gasteiger partial charge in [-0.1, -0.05) is 47.5 Å². The monoisotopic (exact) mass is 317 g/mol. The van der Waals surface area contributed by atoms with Crippen LogP contribution in [0.4, 0.5) is 5.69 Å². The van der Waals surface area contributed by atoms with Gasteiger partial charge in [-0.2, -0.15) is 0 Å². The number of hydrogen-bond acceptors (Lipinski definition) is 1. The zero-order chi connectivity index (χ0) is 13.7. The fraction of sp³-hybridized carbons (Fsp3) is 0.188. The van der Waals surface area contributed by atoms with E-state index in [2.05, 4.69) is 34.2 Å². The van der Waals surface area contributed by atoms with Gasteiger partial charge in [-0.05, 0) is 42.3 Å². The Bertz CT molecular complexity index is 563. The first kappa shape index (κ1) is 13.8. The van der Waals surface area contributed by atoms with Crippen LogP contribution in [0.5, 0.6) is 0 Å². The van der Waals surface area contributed by atoms with Crippen LogP contribution < -0.4 is 5.32 Å². The number of carbonyl (C=O) groups is 1. The van der Waals surface area contributed by atoms with Crippen molar-refractivity contribution in [1.82, 2.24) is 0 Å². The van der Waals surface area contributed by atoms with Crippen LogP contribution in [-0.4, -0.2) is 5.91 Å². The summed E-state index contributed by atoms with van der Waals surface area (Å²) >= 11 is 3.36. The highest BCUT2D eigenvalue weighted by Gasteiger charge is 2.08. The number of para-hydroxylation sites is 1. The predicted octanol–water partition coefficient (Wildman–Crippen LogP) is 4.65. The average Bonchev–Trinajstić information content (AvgIpc) is 2.42. The van der Waals surface area contributed by atoms with Crippen molar-refractivity contribution < 1.29 is 4.79 Å². The summed E-state index contributed by atoms with van der Waals surface area (Å²) in [5, 5.41) is 2.98. The van der Waals surface area contributed by atoms with Crippen molar-refractivity contribution in [2.75, 3.05) is 5.32 Å². The Labute approximate surface area is 122 Å². The van der Waals surface area contributed by atoms with E-state index in [1.807, 2.05) is 42.5 Å². The first-order valence-corrected chi connectivity index (χ1v) is 7.15. The van der Waals surface area contributed by atoms with Crippen LogP contribution in [0, 0.1) is 0 Å². The smallest absolute Gasteiger partial charge is 0.255 e. The normalized spacial score (nSPS) is 10.2. The Morgan fingerprint density at radius 3 is 2.47 bits per heavy atom. The summed E-state index contributed by atoms with van der Waals surface area (Å²) in [6, 6.07) is 15.3. The maximum atomic E-state index is 12.2. The second-order valence-electron chi connectivity index (χ2n) is 4.37. The highest BCUT2D eigenvalue weighted by molar-refractivity contribution is 9.10. The molecule has 98 valence electrons. The molecule has 2 nitrogen and oxygen atoms in total. The second-order valence-corrected chi connectivity index (χ2v) is 5.28. The van der Waals surface area contributed by atoms with Crippen LogP contribution >= 0.6 is 15.9 Å². The van der Waals surface area contributed by atoms with Gasteiger partial charge in [-0.15, -0.1) is 0 Å². The molecule has 0 bridgehead atoms. The van der Waals surface area contributed by atoms with E-state index >= 15 is 0 Å². The molecule has 0 spiro atoms. The lowest BCUT2D eigenvalue weighted by Crippen LogP contribution is -2.13. The highest BCUT2D eigenvalue weighted by Crippen LogP contribution is 2.18. The summed E-state index contributed by atoms with van der Waals surface area (Å²) in [5.41, 5.74) is 2.74. The van der Waals surface area contributed by atoms with Gasteiger partial charge in [0, 0.05) is 15.7 Å². The first-order chi connectivity index (χ1) is 9.20. The number of benzene rings is 2. The van der Waals surface area contributed by atoms with Crippen molar-refractivity contribution in [3.63, 3.8) is 0 Å². The Balaban J connectivity index is 2.16. The van der Waals surface area contributed by atoms with Crippen molar-refractivity contribution in [3.8, 4) is 0 Å². The third kappa shape index (κ3) is 3.67. The number of carbonyl (C=O) groups excluding carboxylic acids is 1. The summed E-state index contributed by atoms with van der Waals surface area (Å²) in [7, 11) is 0. The van der Waals surface area contributed by atoms with Crippen LogP contribution in [0.3, 0.4) is 0 Å². The fourth-order valence-corrected chi connectivity index (χ4v) is 2.19. The van der Waals surface area contributed by atoms with Gasteiger partial charge in [0.15, 0.2) is 0 Å². The number of anilines is 1. The molecule has 2 aromatic rings. The minimum Gasteiger partial charge on any atom is -0.322 e. The molecule has 0 atom stereocenters. The summed E-state index contributed by atoms with van der Waals surface area (Å²) in [6.07, 6.45) is 2.03. The third-order valence-corrected chi connectivity index (χ3v) is 3.42. The quantitative estimate of drug-likeness (QED) is 0.873. The number of nitrogens with one attached hydrogen (secondary N) is 1. The predicted molar refractivity (Wildman–Crippen MR) is 82.5 cm³/mol. The molecule has 0 fully saturated rings. The van der Waals surface area contributed by atoms with Crippen LogP contribution in [0.25, 0.3) is 0 Å². The standard InChI is InChI=1S/C16H16BrNO/c1-2-5-12-6-3-4-7-15(12)18-16(19)13-8-10-14(17)11-9-13/h3-4,6-11H,2,5H2,1H3,(H,18,19). The molecule has 0 saturated carbocycles. The van der Waals surface area contributed by atoms with E-state index in [4.69, 9.17) is 0 Å². The van der Waals surface area contributed by atoms with Gasteiger partial charge in [0.2, 0.25) is 0 Å². The molecule has 0 aromatic heterocycles. The molecule has 0 saturated heterocycles. The van der Waals surface area contributed by atoms with Crippen molar-refractivity contribution in [3.05, 3.63) is 64.1 Å². The number of hydrogen-bond donors (Lipinski definition) is 1. The Morgan fingerprint density at radius 1 is 1.11 bits per heavy atom. The van der Waals surface area contributed by atoms with E-state index in [-0.39, 0.29) is 5.91 Å². The zero-order valence-electron chi connectivity index (χ0n) is 10.8. The van der Waals surface area contributed by atoms with Crippen molar-refractivity contribution in [2.24, 2.45) is 0 Å². The molecule has 0 aliphatic heterocycles. The minimum atomic E-state index is -0.0731. The molecule has 3 heteroatoms. The van der Waals surface area contributed by atoms with Crippen LogP contribution in [-0.2, 0) is 6.42 Å². The van der Waals surface area contributed by atoms with Crippen LogP contribution in [0.2, 0.25) is 0 Å². The Morgan fingerprint density at radius 2 is 1.79 bits per heavy atom. The Hall–Kier alpha value is -1.61. The number of aryl methyl sites for hydroxylation is 1. The average molecular weight is 318 g/mol. The van der Waals surface area contributed by atoms with E-state index in [0.717, 1.165) is 23.0 Å². The van der Waals surface area contributed by atoms with Crippen LogP contribution in [0.1, 0.15) is 29.3 Å². The molecule has 2 aromatic carbocycles. The van der Waals surface area contributed by atoms with Gasteiger partial charge in [0.25, 0.3) is 5.91 Å². The maximum Gasteiger partial charge on any atom is 0.255 e. The van der Waals surface area contributed by atoms with Gasteiger partial charge in [-0.3, -0.25) is 4.79 Å². The molecule has 2 rings (SSSR count). The Kier molecular flexibility index (Phi) is 4.74. The van der Waals surface area contributed by atoms with Crippen molar-refractivity contribution in [2.45, 2.75) is 19.8 Å². The molecule has 0 aliphatic carbocycles. The summed E-state index contributed by atoms with van der Waals surface area (Å²) in [5.74, 6) is -0.0731. The fourth-order valence-electron chi connectivity index (χ4n) is 1.93. The molecule has 1 amide bonds. The lowest BCUT2D eigenvalue weighted by molar-refractivity contribution is 0.102. The third-order valence-electron chi connectivity index (χ3n) is 2.89. The van der Waals surface area contributed by atoms with E-state index in [1.54, 1.807) is 0 Å². The topological polar surface area (TPSA) is 29.1 Å². The number of amides is 1. The molecular weight excluding hydrogens is 302 g/mol.